The molecule has 88 valence electrons. The molecule has 0 unspecified atom stereocenters. The number of aromatic nitrogens is 1. The molecule has 3 nitrogen and oxygen atoms in total. The zero-order valence-corrected chi connectivity index (χ0v) is 10.4. The van der Waals surface area contributed by atoms with E-state index in [1.54, 1.807) is 24.5 Å². The lowest BCUT2D eigenvalue weighted by Gasteiger charge is -2.10. The maximum Gasteiger partial charge on any atom is 0.144 e. The van der Waals surface area contributed by atoms with E-state index in [2.05, 4.69) is 20.9 Å². The Morgan fingerprint density at radius 3 is 2.88 bits per heavy atom. The van der Waals surface area contributed by atoms with Crippen LogP contribution < -0.4 is 10.5 Å². The molecule has 0 saturated heterocycles. The van der Waals surface area contributed by atoms with Crippen LogP contribution in [-0.4, -0.2) is 4.98 Å². The van der Waals surface area contributed by atoms with Crippen molar-refractivity contribution in [1.29, 1.82) is 0 Å². The average molecular weight is 297 g/mol. The summed E-state index contributed by atoms with van der Waals surface area (Å²) < 4.78 is 19.4. The molecular formula is C12H10BrFN2O. The Kier molecular flexibility index (Phi) is 3.71. The Morgan fingerprint density at radius 1 is 1.29 bits per heavy atom. The number of nitrogens with zero attached hydrogens (tertiary/aromatic N) is 1. The lowest BCUT2D eigenvalue weighted by atomic mass is 10.2. The second-order valence-electron chi connectivity index (χ2n) is 3.36. The van der Waals surface area contributed by atoms with Gasteiger partial charge in [-0.2, -0.15) is 0 Å². The van der Waals surface area contributed by atoms with Gasteiger partial charge in [0.05, 0.1) is 4.47 Å². The van der Waals surface area contributed by atoms with Gasteiger partial charge in [0.2, 0.25) is 0 Å². The van der Waals surface area contributed by atoms with E-state index in [4.69, 9.17) is 10.5 Å². The molecule has 0 saturated carbocycles. The van der Waals surface area contributed by atoms with Gasteiger partial charge in [-0.1, -0.05) is 0 Å². The monoisotopic (exact) mass is 296 g/mol. The van der Waals surface area contributed by atoms with Gasteiger partial charge in [-0.3, -0.25) is 4.98 Å². The summed E-state index contributed by atoms with van der Waals surface area (Å²) in [6.45, 7) is 0.316. The summed E-state index contributed by atoms with van der Waals surface area (Å²) in [5.41, 5.74) is 6.33. The van der Waals surface area contributed by atoms with Gasteiger partial charge in [-0.25, -0.2) is 4.39 Å². The summed E-state index contributed by atoms with van der Waals surface area (Å²) >= 11 is 3.30. The van der Waals surface area contributed by atoms with E-state index < -0.39 is 0 Å². The third kappa shape index (κ3) is 2.81. The molecule has 5 heteroatoms. The molecule has 0 aliphatic rings. The van der Waals surface area contributed by atoms with Crippen LogP contribution in [0.15, 0.2) is 41.1 Å². The Bertz CT molecular complexity index is 534. The Hall–Kier alpha value is -1.46. The molecule has 0 amide bonds. The minimum absolute atomic E-state index is 0.316. The zero-order valence-electron chi connectivity index (χ0n) is 8.86. The summed E-state index contributed by atoms with van der Waals surface area (Å²) in [5.74, 6) is 0.631. The third-order valence-corrected chi connectivity index (χ3v) is 2.85. The van der Waals surface area contributed by atoms with E-state index in [0.717, 1.165) is 5.56 Å². The lowest BCUT2D eigenvalue weighted by Crippen LogP contribution is -2.00. The minimum Gasteiger partial charge on any atom is -0.456 e. The fourth-order valence-electron chi connectivity index (χ4n) is 1.34. The second-order valence-corrected chi connectivity index (χ2v) is 4.22. The highest BCUT2D eigenvalue weighted by atomic mass is 79.9. The minimum atomic E-state index is -0.355. The normalized spacial score (nSPS) is 10.3. The Labute approximate surface area is 107 Å². The zero-order chi connectivity index (χ0) is 12.3. The summed E-state index contributed by atoms with van der Waals surface area (Å²) in [4.78, 5) is 3.95. The molecule has 2 aromatic rings. The van der Waals surface area contributed by atoms with Crippen LogP contribution in [0.1, 0.15) is 5.56 Å². The molecule has 0 atom stereocenters. The lowest BCUT2D eigenvalue weighted by molar-refractivity contribution is 0.467. The van der Waals surface area contributed by atoms with Crippen LogP contribution in [0, 0.1) is 5.82 Å². The van der Waals surface area contributed by atoms with Gasteiger partial charge in [0.15, 0.2) is 0 Å². The molecule has 2 rings (SSSR count). The molecule has 1 heterocycles. The van der Waals surface area contributed by atoms with E-state index in [0.29, 0.717) is 22.5 Å². The van der Waals surface area contributed by atoms with Crippen molar-refractivity contribution in [3.63, 3.8) is 0 Å². The van der Waals surface area contributed by atoms with Gasteiger partial charge in [-0.15, -0.1) is 0 Å². The van der Waals surface area contributed by atoms with Crippen LogP contribution >= 0.6 is 15.9 Å². The fourth-order valence-corrected chi connectivity index (χ4v) is 1.67. The van der Waals surface area contributed by atoms with Gasteiger partial charge < -0.3 is 10.5 Å². The van der Waals surface area contributed by atoms with Crippen molar-refractivity contribution in [3.8, 4) is 11.5 Å². The van der Waals surface area contributed by atoms with Gasteiger partial charge in [0, 0.05) is 30.6 Å². The van der Waals surface area contributed by atoms with Crippen molar-refractivity contribution >= 4 is 15.9 Å². The van der Waals surface area contributed by atoms with Crippen molar-refractivity contribution in [2.45, 2.75) is 6.54 Å². The SMILES string of the molecule is NCc1cnccc1Oc1cc(F)ccc1Br. The van der Waals surface area contributed by atoms with Crippen LogP contribution in [0.2, 0.25) is 0 Å². The van der Waals surface area contributed by atoms with Crippen LogP contribution in [0.25, 0.3) is 0 Å². The molecule has 0 radical (unpaired) electrons. The topological polar surface area (TPSA) is 48.1 Å². The number of pyridine rings is 1. The number of rotatable bonds is 3. The molecule has 2 N–H and O–H groups in total. The first-order chi connectivity index (χ1) is 8.20. The quantitative estimate of drug-likeness (QED) is 0.946. The highest BCUT2D eigenvalue weighted by Gasteiger charge is 2.07. The number of hydrogen-bond acceptors (Lipinski definition) is 3. The van der Waals surface area contributed by atoms with Crippen molar-refractivity contribution in [3.05, 3.63) is 52.5 Å². The van der Waals surface area contributed by atoms with E-state index >= 15 is 0 Å². The van der Waals surface area contributed by atoms with Crippen molar-refractivity contribution in [2.75, 3.05) is 0 Å². The number of halogens is 2. The largest absolute Gasteiger partial charge is 0.456 e. The predicted octanol–water partition coefficient (Wildman–Crippen LogP) is 3.23. The summed E-state index contributed by atoms with van der Waals surface area (Å²) in [5, 5.41) is 0. The summed E-state index contributed by atoms with van der Waals surface area (Å²) in [6.07, 6.45) is 3.23. The van der Waals surface area contributed by atoms with Crippen molar-refractivity contribution in [1.82, 2.24) is 4.98 Å². The molecule has 0 bridgehead atoms. The number of benzene rings is 1. The predicted molar refractivity (Wildman–Crippen MR) is 66.3 cm³/mol. The highest BCUT2D eigenvalue weighted by Crippen LogP contribution is 2.31. The van der Waals surface area contributed by atoms with E-state index in [1.807, 2.05) is 0 Å². The Morgan fingerprint density at radius 2 is 2.12 bits per heavy atom. The van der Waals surface area contributed by atoms with Gasteiger partial charge >= 0.3 is 0 Å². The van der Waals surface area contributed by atoms with Gasteiger partial charge in [-0.05, 0) is 34.1 Å². The first kappa shape index (κ1) is 12.0. The molecule has 1 aromatic carbocycles. The molecule has 0 spiro atoms. The first-order valence-electron chi connectivity index (χ1n) is 4.96. The summed E-state index contributed by atoms with van der Waals surface area (Å²) in [7, 11) is 0. The highest BCUT2D eigenvalue weighted by molar-refractivity contribution is 9.10. The Balaban J connectivity index is 2.34. The number of hydrogen-bond donors (Lipinski definition) is 1. The van der Waals surface area contributed by atoms with Gasteiger partial charge in [0.1, 0.15) is 17.3 Å². The fraction of sp³-hybridized carbons (Fsp3) is 0.0833. The molecule has 17 heavy (non-hydrogen) atoms. The number of nitrogens with two attached hydrogens (primary N) is 1. The standard InChI is InChI=1S/C12H10BrFN2O/c13-10-2-1-9(14)5-12(10)17-11-3-4-16-7-8(11)6-15/h1-5,7H,6,15H2. The van der Waals surface area contributed by atoms with Crippen LogP contribution in [-0.2, 0) is 6.54 Å². The van der Waals surface area contributed by atoms with E-state index in [-0.39, 0.29) is 5.82 Å². The van der Waals surface area contributed by atoms with Crippen molar-refractivity contribution < 1.29 is 9.13 Å². The molecule has 0 fully saturated rings. The second kappa shape index (κ2) is 5.25. The van der Waals surface area contributed by atoms with Crippen LogP contribution in [0.5, 0.6) is 11.5 Å². The molecule has 0 aliphatic carbocycles. The van der Waals surface area contributed by atoms with E-state index in [9.17, 15) is 4.39 Å². The smallest absolute Gasteiger partial charge is 0.144 e. The first-order valence-corrected chi connectivity index (χ1v) is 5.76. The van der Waals surface area contributed by atoms with Gasteiger partial charge in [0.25, 0.3) is 0 Å². The maximum absolute atomic E-state index is 13.1. The van der Waals surface area contributed by atoms with Crippen LogP contribution in [0.4, 0.5) is 4.39 Å². The van der Waals surface area contributed by atoms with E-state index in [1.165, 1.54) is 12.1 Å². The maximum atomic E-state index is 13.1. The third-order valence-electron chi connectivity index (χ3n) is 2.19. The summed E-state index contributed by atoms with van der Waals surface area (Å²) in [6, 6.07) is 5.95. The molecular weight excluding hydrogens is 287 g/mol. The molecule has 1 aromatic heterocycles. The van der Waals surface area contributed by atoms with Crippen LogP contribution in [0.3, 0.4) is 0 Å². The average Bonchev–Trinajstić information content (AvgIpc) is 2.34. The molecule has 0 aliphatic heterocycles. The number of ether oxygens (including phenoxy) is 1. The van der Waals surface area contributed by atoms with Crippen molar-refractivity contribution in [2.24, 2.45) is 5.73 Å².